The molecule has 0 radical (unpaired) electrons. The molecule has 9 heteroatoms. The van der Waals surface area contributed by atoms with Crippen LogP contribution in [0.1, 0.15) is 22.6 Å². The molecule has 1 aliphatic carbocycles. The predicted octanol–water partition coefficient (Wildman–Crippen LogP) is 4.27. The van der Waals surface area contributed by atoms with Crippen LogP contribution in [-0.2, 0) is 16.0 Å². The highest BCUT2D eigenvalue weighted by atomic mass is 19.1. The fourth-order valence-corrected chi connectivity index (χ4v) is 4.03. The highest BCUT2D eigenvalue weighted by molar-refractivity contribution is 5.81. The number of hydrogen-bond acceptors (Lipinski definition) is 5. The first-order valence-electron chi connectivity index (χ1n) is 10.1. The van der Waals surface area contributed by atoms with Crippen LogP contribution in [0.5, 0.6) is 0 Å². The van der Waals surface area contributed by atoms with E-state index in [1.54, 1.807) is 0 Å². The molecule has 1 atom stereocenters. The molecule has 1 unspecified atom stereocenters. The van der Waals surface area contributed by atoms with Crippen molar-refractivity contribution < 1.29 is 28.7 Å². The summed E-state index contributed by atoms with van der Waals surface area (Å²) in [5, 5.41) is 22.6. The van der Waals surface area contributed by atoms with E-state index >= 15 is 0 Å². The third kappa shape index (κ3) is 4.52. The van der Waals surface area contributed by atoms with E-state index in [9.17, 15) is 29.2 Å². The largest absolute Gasteiger partial charge is 0.480 e. The molecule has 1 amide bonds. The van der Waals surface area contributed by atoms with Gasteiger partial charge in [-0.3, -0.25) is 10.1 Å². The van der Waals surface area contributed by atoms with Gasteiger partial charge in [0.25, 0.3) is 5.69 Å². The molecule has 3 aromatic carbocycles. The number of carboxylic acids is 1. The van der Waals surface area contributed by atoms with Crippen LogP contribution >= 0.6 is 0 Å². The minimum absolute atomic E-state index is 0.0165. The Morgan fingerprint density at radius 1 is 1.06 bits per heavy atom. The monoisotopic (exact) mass is 450 g/mol. The number of fused-ring (bicyclic) bond motifs is 3. The predicted molar refractivity (Wildman–Crippen MR) is 116 cm³/mol. The summed E-state index contributed by atoms with van der Waals surface area (Å²) in [6.07, 6.45) is -1.46. The SMILES string of the molecule is O=C(NC(Cc1cc([N+](=O)[O-])ccc1F)C(=O)O)OCC1c2ccccc2-c2ccccc21. The van der Waals surface area contributed by atoms with E-state index in [4.69, 9.17) is 4.74 Å². The van der Waals surface area contributed by atoms with Crippen molar-refractivity contribution in [1.82, 2.24) is 5.32 Å². The molecule has 33 heavy (non-hydrogen) atoms. The minimum Gasteiger partial charge on any atom is -0.480 e. The molecule has 168 valence electrons. The highest BCUT2D eigenvalue weighted by Crippen LogP contribution is 2.44. The number of nitro groups is 1. The maximum absolute atomic E-state index is 14.1. The fourth-order valence-electron chi connectivity index (χ4n) is 4.03. The Labute approximate surface area is 187 Å². The number of ether oxygens (including phenoxy) is 1. The number of rotatable bonds is 7. The number of halogens is 1. The van der Waals surface area contributed by atoms with Gasteiger partial charge in [-0.1, -0.05) is 48.5 Å². The Morgan fingerprint density at radius 2 is 1.67 bits per heavy atom. The van der Waals surface area contributed by atoms with Gasteiger partial charge >= 0.3 is 12.1 Å². The summed E-state index contributed by atoms with van der Waals surface area (Å²) in [5.74, 6) is -2.43. The van der Waals surface area contributed by atoms with E-state index in [-0.39, 0.29) is 23.8 Å². The molecule has 1 aliphatic rings. The van der Waals surface area contributed by atoms with Crippen LogP contribution in [0.2, 0.25) is 0 Å². The number of aliphatic carboxylic acids is 1. The van der Waals surface area contributed by atoms with Gasteiger partial charge < -0.3 is 15.2 Å². The second-order valence-corrected chi connectivity index (χ2v) is 7.60. The number of alkyl carbamates (subject to hydrolysis) is 1. The minimum atomic E-state index is -1.53. The smallest absolute Gasteiger partial charge is 0.407 e. The van der Waals surface area contributed by atoms with Crippen LogP contribution in [0.15, 0.2) is 66.7 Å². The van der Waals surface area contributed by atoms with Crippen LogP contribution in [0.4, 0.5) is 14.9 Å². The lowest BCUT2D eigenvalue weighted by Crippen LogP contribution is -2.43. The van der Waals surface area contributed by atoms with Gasteiger partial charge in [0, 0.05) is 24.5 Å². The van der Waals surface area contributed by atoms with Crippen molar-refractivity contribution in [3.63, 3.8) is 0 Å². The number of carbonyl (C=O) groups is 2. The maximum Gasteiger partial charge on any atom is 0.407 e. The maximum atomic E-state index is 14.1. The zero-order valence-corrected chi connectivity index (χ0v) is 17.2. The average molecular weight is 450 g/mol. The quantitative estimate of drug-likeness (QED) is 0.410. The van der Waals surface area contributed by atoms with Crippen LogP contribution in [0, 0.1) is 15.9 Å². The van der Waals surface area contributed by atoms with E-state index in [2.05, 4.69) is 5.32 Å². The van der Waals surface area contributed by atoms with Crippen molar-refractivity contribution in [2.45, 2.75) is 18.4 Å². The van der Waals surface area contributed by atoms with Crippen molar-refractivity contribution in [2.24, 2.45) is 0 Å². The van der Waals surface area contributed by atoms with Gasteiger partial charge in [0.05, 0.1) is 4.92 Å². The molecule has 0 bridgehead atoms. The van der Waals surface area contributed by atoms with Crippen LogP contribution in [0.3, 0.4) is 0 Å². The first kappa shape index (κ1) is 21.9. The van der Waals surface area contributed by atoms with E-state index in [0.29, 0.717) is 0 Å². The molecule has 8 nitrogen and oxygen atoms in total. The molecule has 4 rings (SSSR count). The van der Waals surface area contributed by atoms with Crippen LogP contribution in [-0.4, -0.2) is 34.7 Å². The van der Waals surface area contributed by atoms with Gasteiger partial charge in [0.2, 0.25) is 0 Å². The fraction of sp³-hybridized carbons (Fsp3) is 0.167. The number of carbonyl (C=O) groups excluding carboxylic acids is 1. The number of hydrogen-bond donors (Lipinski definition) is 2. The van der Waals surface area contributed by atoms with E-state index in [1.165, 1.54) is 0 Å². The molecule has 3 aromatic rings. The van der Waals surface area contributed by atoms with Gasteiger partial charge in [-0.05, 0) is 33.9 Å². The number of amides is 1. The summed E-state index contributed by atoms with van der Waals surface area (Å²) in [6, 6.07) is 16.8. The normalized spacial score (nSPS) is 13.0. The summed E-state index contributed by atoms with van der Waals surface area (Å²) in [5.41, 5.74) is 3.52. The topological polar surface area (TPSA) is 119 Å². The Kier molecular flexibility index (Phi) is 6.03. The first-order chi connectivity index (χ1) is 15.8. The summed E-state index contributed by atoms with van der Waals surface area (Å²) in [4.78, 5) is 34.2. The lowest BCUT2D eigenvalue weighted by Gasteiger charge is -2.17. The molecule has 0 fully saturated rings. The van der Waals surface area contributed by atoms with E-state index < -0.39 is 35.3 Å². The van der Waals surface area contributed by atoms with Gasteiger partial charge in [0.15, 0.2) is 0 Å². The number of benzene rings is 3. The van der Waals surface area contributed by atoms with E-state index in [0.717, 1.165) is 40.5 Å². The Bertz CT molecular complexity index is 1200. The first-order valence-corrected chi connectivity index (χ1v) is 10.1. The summed E-state index contributed by atoms with van der Waals surface area (Å²) < 4.78 is 19.4. The lowest BCUT2D eigenvalue weighted by atomic mass is 9.98. The number of nitro benzene ring substituents is 1. The third-order valence-electron chi connectivity index (χ3n) is 5.60. The average Bonchev–Trinajstić information content (AvgIpc) is 3.12. The van der Waals surface area contributed by atoms with Crippen LogP contribution in [0.25, 0.3) is 11.1 Å². The van der Waals surface area contributed by atoms with Gasteiger partial charge in [-0.25, -0.2) is 14.0 Å². The number of nitrogens with zero attached hydrogens (tertiary/aromatic N) is 1. The molecule has 0 spiro atoms. The second kappa shape index (κ2) is 9.07. The molecule has 0 saturated heterocycles. The molecule has 0 saturated carbocycles. The van der Waals surface area contributed by atoms with E-state index in [1.807, 2.05) is 48.5 Å². The summed E-state index contributed by atoms with van der Waals surface area (Å²) in [7, 11) is 0. The Morgan fingerprint density at radius 3 is 2.24 bits per heavy atom. The van der Waals surface area contributed by atoms with Gasteiger partial charge in [-0.2, -0.15) is 0 Å². The Balaban J connectivity index is 1.45. The molecular weight excluding hydrogens is 431 g/mol. The summed E-state index contributed by atoms with van der Waals surface area (Å²) in [6.45, 7) is -0.0165. The van der Waals surface area contributed by atoms with Crippen LogP contribution < -0.4 is 5.32 Å². The van der Waals surface area contributed by atoms with Crippen molar-refractivity contribution in [3.05, 3.63) is 99.4 Å². The molecule has 0 heterocycles. The lowest BCUT2D eigenvalue weighted by molar-refractivity contribution is -0.385. The molecule has 0 aromatic heterocycles. The number of carboxylic acid groups (broad SMARTS) is 1. The number of non-ortho nitro benzene ring substituents is 1. The number of nitrogens with one attached hydrogen (secondary N) is 1. The third-order valence-corrected chi connectivity index (χ3v) is 5.60. The zero-order chi connectivity index (χ0) is 23.5. The van der Waals surface area contributed by atoms with Crippen molar-refractivity contribution >= 4 is 17.7 Å². The standard InChI is InChI=1S/C24H19FN2O6/c25-21-10-9-15(27(31)32)11-14(21)12-22(23(28)29)26-24(30)33-13-20-18-7-3-1-5-16(18)17-6-2-4-8-19(17)20/h1-11,20,22H,12-13H2,(H,26,30)(H,28,29). The molecule has 0 aliphatic heterocycles. The Hall–Kier alpha value is -4.27. The second-order valence-electron chi connectivity index (χ2n) is 7.60. The summed E-state index contributed by atoms with van der Waals surface area (Å²) >= 11 is 0. The highest BCUT2D eigenvalue weighted by Gasteiger charge is 2.30. The van der Waals surface area contributed by atoms with Crippen molar-refractivity contribution in [3.8, 4) is 11.1 Å². The van der Waals surface area contributed by atoms with Crippen molar-refractivity contribution in [2.75, 3.05) is 6.61 Å². The zero-order valence-electron chi connectivity index (χ0n) is 17.2. The van der Waals surface area contributed by atoms with Gasteiger partial charge in [-0.15, -0.1) is 0 Å². The van der Waals surface area contributed by atoms with Crippen molar-refractivity contribution in [1.29, 1.82) is 0 Å². The van der Waals surface area contributed by atoms with Gasteiger partial charge in [0.1, 0.15) is 18.5 Å². The molecule has 2 N–H and O–H groups in total. The molecular formula is C24H19FN2O6.